The highest BCUT2D eigenvalue weighted by atomic mass is 35.5. The number of rotatable bonds is 3. The highest BCUT2D eigenvalue weighted by Crippen LogP contribution is 2.29. The Bertz CT molecular complexity index is 764. The topological polar surface area (TPSA) is 27.1 Å². The van der Waals surface area contributed by atoms with Crippen molar-refractivity contribution in [1.29, 1.82) is 0 Å². The summed E-state index contributed by atoms with van der Waals surface area (Å²) in [6.45, 7) is 2.06. The monoisotopic (exact) mass is 286 g/mol. The molecule has 0 aliphatic rings. The van der Waals surface area contributed by atoms with Gasteiger partial charge in [-0.3, -0.25) is 4.57 Å². The average molecular weight is 287 g/mol. The van der Waals surface area contributed by atoms with Crippen LogP contribution in [0.15, 0.2) is 42.5 Å². The molecule has 0 amide bonds. The second kappa shape index (κ2) is 5.17. The van der Waals surface area contributed by atoms with Gasteiger partial charge >= 0.3 is 0 Å². The average Bonchev–Trinajstić information content (AvgIpc) is 2.87. The summed E-state index contributed by atoms with van der Waals surface area (Å²) in [5.41, 5.74) is 4.13. The van der Waals surface area contributed by atoms with E-state index in [1.807, 2.05) is 30.3 Å². The zero-order valence-corrected chi connectivity index (χ0v) is 12.2. The molecule has 0 bridgehead atoms. The first-order chi connectivity index (χ1) is 9.76. The van der Waals surface area contributed by atoms with Crippen molar-refractivity contribution in [3.8, 4) is 11.4 Å². The molecule has 0 saturated carbocycles. The van der Waals surface area contributed by atoms with E-state index in [9.17, 15) is 0 Å². The van der Waals surface area contributed by atoms with Crippen molar-refractivity contribution >= 4 is 22.6 Å². The number of fused-ring (bicyclic) bond motifs is 1. The van der Waals surface area contributed by atoms with Gasteiger partial charge in [0.1, 0.15) is 11.6 Å². The molecule has 20 heavy (non-hydrogen) atoms. The van der Waals surface area contributed by atoms with Crippen LogP contribution in [0.3, 0.4) is 0 Å². The van der Waals surface area contributed by atoms with Gasteiger partial charge in [-0.25, -0.2) is 4.98 Å². The van der Waals surface area contributed by atoms with Crippen LogP contribution in [0.25, 0.3) is 16.7 Å². The number of nitrogens with zero attached hydrogens (tertiary/aromatic N) is 2. The third kappa shape index (κ3) is 1.95. The number of alkyl halides is 1. The van der Waals surface area contributed by atoms with Gasteiger partial charge in [0.15, 0.2) is 0 Å². The van der Waals surface area contributed by atoms with Gasteiger partial charge in [0.2, 0.25) is 0 Å². The smallest absolute Gasteiger partial charge is 0.142 e. The molecule has 1 heterocycles. The summed E-state index contributed by atoms with van der Waals surface area (Å²) in [5, 5.41) is 0. The normalized spacial score (nSPS) is 10.9. The molecule has 0 saturated heterocycles. The lowest BCUT2D eigenvalue weighted by molar-refractivity contribution is 0.413. The number of para-hydroxylation sites is 3. The van der Waals surface area contributed by atoms with Crippen LogP contribution in [0.5, 0.6) is 5.75 Å². The Morgan fingerprint density at radius 2 is 1.95 bits per heavy atom. The van der Waals surface area contributed by atoms with Gasteiger partial charge in [0, 0.05) is 0 Å². The third-order valence-electron chi connectivity index (χ3n) is 3.40. The van der Waals surface area contributed by atoms with Gasteiger partial charge in [0.05, 0.1) is 29.7 Å². The molecule has 0 aliphatic carbocycles. The molecule has 0 radical (unpaired) electrons. The van der Waals surface area contributed by atoms with Crippen molar-refractivity contribution in [3.05, 3.63) is 53.9 Å². The largest absolute Gasteiger partial charge is 0.495 e. The number of benzene rings is 2. The van der Waals surface area contributed by atoms with Crippen molar-refractivity contribution in [1.82, 2.24) is 9.55 Å². The summed E-state index contributed by atoms with van der Waals surface area (Å²) in [6.07, 6.45) is 0. The molecule has 0 atom stereocenters. The van der Waals surface area contributed by atoms with E-state index in [0.29, 0.717) is 5.88 Å². The van der Waals surface area contributed by atoms with E-state index in [1.54, 1.807) is 7.11 Å². The maximum Gasteiger partial charge on any atom is 0.142 e. The van der Waals surface area contributed by atoms with Crippen LogP contribution in [0.1, 0.15) is 11.4 Å². The van der Waals surface area contributed by atoms with Gasteiger partial charge in [0.25, 0.3) is 0 Å². The number of aromatic nitrogens is 2. The van der Waals surface area contributed by atoms with Crippen LogP contribution in [-0.2, 0) is 5.88 Å². The number of hydrogen-bond acceptors (Lipinski definition) is 2. The number of hydrogen-bond donors (Lipinski definition) is 0. The Morgan fingerprint density at radius 3 is 2.70 bits per heavy atom. The van der Waals surface area contributed by atoms with Crippen molar-refractivity contribution < 1.29 is 4.74 Å². The van der Waals surface area contributed by atoms with Crippen molar-refractivity contribution in [2.24, 2.45) is 0 Å². The van der Waals surface area contributed by atoms with Gasteiger partial charge < -0.3 is 4.74 Å². The lowest BCUT2D eigenvalue weighted by Gasteiger charge is -2.12. The minimum absolute atomic E-state index is 0.353. The van der Waals surface area contributed by atoms with Crippen LogP contribution in [0.2, 0.25) is 0 Å². The number of methoxy groups -OCH3 is 1. The lowest BCUT2D eigenvalue weighted by Crippen LogP contribution is -2.01. The summed E-state index contributed by atoms with van der Waals surface area (Å²) >= 11 is 6.08. The SMILES string of the molecule is COc1ccccc1-n1c(CCl)nc2c(C)cccc21. The molecule has 4 heteroatoms. The second-order valence-electron chi connectivity index (χ2n) is 4.61. The first-order valence-electron chi connectivity index (χ1n) is 6.42. The summed E-state index contributed by atoms with van der Waals surface area (Å²) in [5.74, 6) is 1.98. The van der Waals surface area contributed by atoms with Crippen molar-refractivity contribution in [3.63, 3.8) is 0 Å². The molecule has 102 valence electrons. The Balaban J connectivity index is 2.37. The second-order valence-corrected chi connectivity index (χ2v) is 4.88. The summed E-state index contributed by atoms with van der Waals surface area (Å²) in [4.78, 5) is 4.66. The van der Waals surface area contributed by atoms with Crippen molar-refractivity contribution in [2.45, 2.75) is 12.8 Å². The Hall–Kier alpha value is -2.00. The molecule has 0 aliphatic heterocycles. The number of ether oxygens (including phenoxy) is 1. The van der Waals surface area contributed by atoms with Crippen LogP contribution < -0.4 is 4.74 Å². The fourth-order valence-corrected chi connectivity index (χ4v) is 2.64. The van der Waals surface area contributed by atoms with Crippen LogP contribution in [0.4, 0.5) is 0 Å². The number of imidazole rings is 1. The molecule has 3 nitrogen and oxygen atoms in total. The minimum Gasteiger partial charge on any atom is -0.495 e. The Labute approximate surface area is 122 Å². The van der Waals surface area contributed by atoms with E-state index in [-0.39, 0.29) is 0 Å². The number of halogens is 1. The van der Waals surface area contributed by atoms with Crippen LogP contribution in [-0.4, -0.2) is 16.7 Å². The quantitative estimate of drug-likeness (QED) is 0.678. The van der Waals surface area contributed by atoms with Crippen molar-refractivity contribution in [2.75, 3.05) is 7.11 Å². The molecule has 2 aromatic carbocycles. The van der Waals surface area contributed by atoms with E-state index in [2.05, 4.69) is 28.6 Å². The fraction of sp³-hybridized carbons (Fsp3) is 0.188. The van der Waals surface area contributed by atoms with Gasteiger partial charge in [-0.1, -0.05) is 24.3 Å². The maximum absolute atomic E-state index is 6.08. The van der Waals surface area contributed by atoms with E-state index in [1.165, 1.54) is 0 Å². The molecule has 3 rings (SSSR count). The molecule has 0 N–H and O–H groups in total. The zero-order valence-electron chi connectivity index (χ0n) is 11.4. The number of aryl methyl sites for hydroxylation is 1. The molecular weight excluding hydrogens is 272 g/mol. The van der Waals surface area contributed by atoms with Crippen LogP contribution >= 0.6 is 11.6 Å². The van der Waals surface area contributed by atoms with E-state index in [4.69, 9.17) is 16.3 Å². The summed E-state index contributed by atoms with van der Waals surface area (Å²) in [7, 11) is 1.67. The molecule has 0 unspecified atom stereocenters. The predicted octanol–water partition coefficient (Wildman–Crippen LogP) is 4.08. The predicted molar refractivity (Wildman–Crippen MR) is 81.9 cm³/mol. The minimum atomic E-state index is 0.353. The highest BCUT2D eigenvalue weighted by Gasteiger charge is 2.15. The maximum atomic E-state index is 6.08. The summed E-state index contributed by atoms with van der Waals surface area (Å²) in [6, 6.07) is 14.0. The van der Waals surface area contributed by atoms with Crippen LogP contribution in [0, 0.1) is 6.92 Å². The summed E-state index contributed by atoms with van der Waals surface area (Å²) < 4.78 is 7.52. The highest BCUT2D eigenvalue weighted by molar-refractivity contribution is 6.17. The van der Waals surface area contributed by atoms with Gasteiger partial charge in [-0.15, -0.1) is 11.6 Å². The molecule has 1 aromatic heterocycles. The van der Waals surface area contributed by atoms with E-state index in [0.717, 1.165) is 33.9 Å². The fourth-order valence-electron chi connectivity index (χ4n) is 2.46. The third-order valence-corrected chi connectivity index (χ3v) is 3.64. The van der Waals surface area contributed by atoms with E-state index < -0.39 is 0 Å². The molecule has 0 fully saturated rings. The first-order valence-corrected chi connectivity index (χ1v) is 6.96. The lowest BCUT2D eigenvalue weighted by atomic mass is 10.2. The molecule has 0 spiro atoms. The zero-order chi connectivity index (χ0) is 14.1. The standard InChI is InChI=1S/C16H15ClN2O/c1-11-6-5-8-13-16(11)18-15(10-17)19(13)12-7-3-4-9-14(12)20-2/h3-9H,10H2,1-2H3. The van der Waals surface area contributed by atoms with Gasteiger partial charge in [-0.2, -0.15) is 0 Å². The first kappa shape index (κ1) is 13.0. The molecule has 3 aromatic rings. The Morgan fingerprint density at radius 1 is 1.15 bits per heavy atom. The van der Waals surface area contributed by atoms with Gasteiger partial charge in [-0.05, 0) is 30.7 Å². The molecular formula is C16H15ClN2O. The van der Waals surface area contributed by atoms with E-state index >= 15 is 0 Å². The Kier molecular flexibility index (Phi) is 3.36.